The van der Waals surface area contributed by atoms with Gasteiger partial charge in [0.25, 0.3) is 0 Å². The summed E-state index contributed by atoms with van der Waals surface area (Å²) in [4.78, 5) is 17.8. The van der Waals surface area contributed by atoms with Crippen molar-refractivity contribution < 1.29 is 9.90 Å². The number of hydrogen-bond donors (Lipinski definition) is 2. The van der Waals surface area contributed by atoms with E-state index in [0.29, 0.717) is 11.6 Å². The Morgan fingerprint density at radius 3 is 2.80 bits per heavy atom. The maximum Gasteiger partial charge on any atom is 0.339 e. The molecule has 0 aliphatic carbocycles. The first kappa shape index (κ1) is 14.8. The van der Waals surface area contributed by atoms with E-state index in [2.05, 4.69) is 22.1 Å². The van der Waals surface area contributed by atoms with Crippen molar-refractivity contribution in [3.05, 3.63) is 23.5 Å². The molecule has 1 aliphatic heterocycles. The molecule has 0 bridgehead atoms. The summed E-state index contributed by atoms with van der Waals surface area (Å²) in [7, 11) is 0. The lowest BCUT2D eigenvalue weighted by Crippen LogP contribution is -2.44. The highest BCUT2D eigenvalue weighted by molar-refractivity contribution is 5.94. The van der Waals surface area contributed by atoms with Crippen LogP contribution in [0.25, 0.3) is 0 Å². The molecule has 1 aromatic heterocycles. The maximum atomic E-state index is 11.4. The molecule has 1 aromatic rings. The van der Waals surface area contributed by atoms with Gasteiger partial charge in [0, 0.05) is 24.5 Å². The number of anilines is 1. The molecule has 1 fully saturated rings. The molecule has 0 radical (unpaired) electrons. The molecular weight excluding hydrogens is 254 g/mol. The standard InChI is InChI=1S/C15H23N3O2/c1-3-8-18(12-4-6-16-7-5-12)14-9-11(2)17-10-13(14)15(19)20/h9-10,12,16H,3-8H2,1-2H3,(H,19,20). The number of hydrogen-bond acceptors (Lipinski definition) is 4. The molecule has 1 saturated heterocycles. The minimum Gasteiger partial charge on any atom is -0.478 e. The molecule has 0 spiro atoms. The Kier molecular flexibility index (Phi) is 4.95. The van der Waals surface area contributed by atoms with Crippen molar-refractivity contribution in [1.29, 1.82) is 0 Å². The van der Waals surface area contributed by atoms with Gasteiger partial charge in [-0.1, -0.05) is 6.92 Å². The number of piperidine rings is 1. The topological polar surface area (TPSA) is 65.5 Å². The first-order chi connectivity index (χ1) is 9.63. The Labute approximate surface area is 120 Å². The maximum absolute atomic E-state index is 11.4. The second-order valence-electron chi connectivity index (χ2n) is 5.32. The molecule has 110 valence electrons. The van der Waals surface area contributed by atoms with Gasteiger partial charge in [-0.05, 0) is 45.3 Å². The predicted molar refractivity (Wildman–Crippen MR) is 79.5 cm³/mol. The van der Waals surface area contributed by atoms with Crippen LogP contribution >= 0.6 is 0 Å². The zero-order valence-corrected chi connectivity index (χ0v) is 12.2. The molecule has 0 aromatic carbocycles. The van der Waals surface area contributed by atoms with Crippen molar-refractivity contribution in [3.8, 4) is 0 Å². The van der Waals surface area contributed by atoms with Gasteiger partial charge in [-0.25, -0.2) is 4.79 Å². The number of nitrogens with zero attached hydrogens (tertiary/aromatic N) is 2. The summed E-state index contributed by atoms with van der Waals surface area (Å²) in [5.74, 6) is -0.900. The molecule has 5 nitrogen and oxygen atoms in total. The Morgan fingerprint density at radius 2 is 2.20 bits per heavy atom. The van der Waals surface area contributed by atoms with Gasteiger partial charge >= 0.3 is 5.97 Å². The summed E-state index contributed by atoms with van der Waals surface area (Å²) in [5.41, 5.74) is 1.99. The number of rotatable bonds is 5. The Bertz CT molecular complexity index is 470. The lowest BCUT2D eigenvalue weighted by molar-refractivity contribution is 0.0697. The summed E-state index contributed by atoms with van der Waals surface area (Å²) >= 11 is 0. The number of carboxylic acids is 1. The lowest BCUT2D eigenvalue weighted by Gasteiger charge is -2.37. The fourth-order valence-corrected chi connectivity index (χ4v) is 2.81. The predicted octanol–water partition coefficient (Wildman–Crippen LogP) is 2.06. The van der Waals surface area contributed by atoms with Crippen molar-refractivity contribution in [2.75, 3.05) is 24.5 Å². The number of aromatic nitrogens is 1. The highest BCUT2D eigenvalue weighted by atomic mass is 16.4. The second kappa shape index (κ2) is 6.70. The number of carboxylic acid groups (broad SMARTS) is 1. The average Bonchev–Trinajstić information content (AvgIpc) is 2.45. The van der Waals surface area contributed by atoms with E-state index in [1.807, 2.05) is 13.0 Å². The van der Waals surface area contributed by atoms with Crippen LogP contribution in [0, 0.1) is 6.92 Å². The van der Waals surface area contributed by atoms with E-state index in [1.54, 1.807) is 0 Å². The Balaban J connectivity index is 2.36. The zero-order chi connectivity index (χ0) is 14.5. The van der Waals surface area contributed by atoms with Crippen LogP contribution in [0.1, 0.15) is 42.2 Å². The van der Waals surface area contributed by atoms with Gasteiger partial charge in [-0.3, -0.25) is 4.98 Å². The monoisotopic (exact) mass is 277 g/mol. The van der Waals surface area contributed by atoms with E-state index in [4.69, 9.17) is 0 Å². The quantitative estimate of drug-likeness (QED) is 0.862. The fraction of sp³-hybridized carbons (Fsp3) is 0.600. The Hall–Kier alpha value is -1.62. The first-order valence-electron chi connectivity index (χ1n) is 7.30. The minimum atomic E-state index is -0.900. The van der Waals surface area contributed by atoms with Gasteiger partial charge < -0.3 is 15.3 Å². The van der Waals surface area contributed by atoms with Crippen molar-refractivity contribution in [2.45, 2.75) is 39.2 Å². The smallest absolute Gasteiger partial charge is 0.339 e. The lowest BCUT2D eigenvalue weighted by atomic mass is 10.0. The average molecular weight is 277 g/mol. The summed E-state index contributed by atoms with van der Waals surface area (Å²) < 4.78 is 0. The third kappa shape index (κ3) is 3.28. The molecule has 20 heavy (non-hydrogen) atoms. The van der Waals surface area contributed by atoms with Crippen LogP contribution in [0.15, 0.2) is 12.3 Å². The van der Waals surface area contributed by atoms with Crippen molar-refractivity contribution in [3.63, 3.8) is 0 Å². The van der Waals surface area contributed by atoms with E-state index in [-0.39, 0.29) is 0 Å². The molecule has 0 atom stereocenters. The fourth-order valence-electron chi connectivity index (χ4n) is 2.81. The van der Waals surface area contributed by atoms with Crippen molar-refractivity contribution in [1.82, 2.24) is 10.3 Å². The van der Waals surface area contributed by atoms with Crippen LogP contribution in [-0.4, -0.2) is 41.7 Å². The number of pyridine rings is 1. The molecule has 0 amide bonds. The minimum absolute atomic E-state index is 0.308. The summed E-state index contributed by atoms with van der Waals surface area (Å²) in [6.07, 6.45) is 4.60. The van der Waals surface area contributed by atoms with Crippen molar-refractivity contribution in [2.24, 2.45) is 0 Å². The van der Waals surface area contributed by atoms with Gasteiger partial charge in [0.05, 0.1) is 5.69 Å². The number of aromatic carboxylic acids is 1. The largest absolute Gasteiger partial charge is 0.478 e. The summed E-state index contributed by atoms with van der Waals surface area (Å²) in [6, 6.07) is 2.32. The summed E-state index contributed by atoms with van der Waals surface area (Å²) in [6.45, 7) is 6.91. The SMILES string of the molecule is CCCN(c1cc(C)ncc1C(=O)O)C1CCNCC1. The van der Waals surface area contributed by atoms with E-state index < -0.39 is 5.97 Å². The molecule has 1 aliphatic rings. The highest BCUT2D eigenvalue weighted by Crippen LogP contribution is 2.26. The normalized spacial score (nSPS) is 16.1. The Morgan fingerprint density at radius 1 is 1.50 bits per heavy atom. The van der Waals surface area contributed by atoms with Crippen LogP contribution in [0.4, 0.5) is 5.69 Å². The van der Waals surface area contributed by atoms with Crippen LogP contribution in [0.2, 0.25) is 0 Å². The zero-order valence-electron chi connectivity index (χ0n) is 12.2. The van der Waals surface area contributed by atoms with Gasteiger partial charge in [-0.2, -0.15) is 0 Å². The molecule has 2 N–H and O–H groups in total. The molecule has 2 heterocycles. The third-order valence-electron chi connectivity index (χ3n) is 3.77. The molecule has 2 rings (SSSR count). The molecule has 0 unspecified atom stereocenters. The van der Waals surface area contributed by atoms with Crippen molar-refractivity contribution >= 4 is 11.7 Å². The van der Waals surface area contributed by atoms with Crippen LogP contribution in [0.5, 0.6) is 0 Å². The molecule has 0 saturated carbocycles. The van der Waals surface area contributed by atoms with E-state index >= 15 is 0 Å². The summed E-state index contributed by atoms with van der Waals surface area (Å²) in [5, 5.41) is 12.7. The number of nitrogens with one attached hydrogen (secondary N) is 1. The van der Waals surface area contributed by atoms with E-state index in [1.165, 1.54) is 6.20 Å². The highest BCUT2D eigenvalue weighted by Gasteiger charge is 2.24. The second-order valence-corrected chi connectivity index (χ2v) is 5.32. The van der Waals surface area contributed by atoms with Gasteiger partial charge in [-0.15, -0.1) is 0 Å². The third-order valence-corrected chi connectivity index (χ3v) is 3.77. The van der Waals surface area contributed by atoms with E-state index in [0.717, 1.165) is 50.3 Å². The first-order valence-corrected chi connectivity index (χ1v) is 7.30. The van der Waals surface area contributed by atoms with Crippen LogP contribution in [0.3, 0.4) is 0 Å². The van der Waals surface area contributed by atoms with Crippen LogP contribution in [-0.2, 0) is 0 Å². The number of aryl methyl sites for hydroxylation is 1. The van der Waals surface area contributed by atoms with Crippen LogP contribution < -0.4 is 10.2 Å². The van der Waals surface area contributed by atoms with Gasteiger partial charge in [0.2, 0.25) is 0 Å². The molecule has 5 heteroatoms. The van der Waals surface area contributed by atoms with Gasteiger partial charge in [0.15, 0.2) is 0 Å². The molecular formula is C15H23N3O2. The van der Waals surface area contributed by atoms with E-state index in [9.17, 15) is 9.90 Å². The number of carbonyl (C=O) groups is 1. The van der Waals surface area contributed by atoms with Gasteiger partial charge in [0.1, 0.15) is 5.56 Å².